The Labute approximate surface area is 70.8 Å². The molecule has 1 atom stereocenters. The minimum absolute atomic E-state index is 0.803. The third-order valence-corrected chi connectivity index (χ3v) is 1.36. The maximum Gasteiger partial charge on any atom is 0.420 e. The second-order valence-corrected chi connectivity index (χ2v) is 2.31. The molecule has 1 aromatic heterocycles. The summed E-state index contributed by atoms with van der Waals surface area (Å²) in [6.07, 6.45) is -6.78. The molecule has 1 N–H and O–H groups in total. The number of nitrogens with zero attached hydrogens (tertiary/aromatic N) is 1. The molecule has 0 unspecified atom stereocenters. The summed E-state index contributed by atoms with van der Waals surface area (Å²) in [4.78, 5) is 3.10. The average molecular weight is 195 g/mol. The molecule has 0 radical (unpaired) electrons. The average Bonchev–Trinajstić information content (AvgIpc) is 2.02. The Balaban J connectivity index is 3.02. The summed E-state index contributed by atoms with van der Waals surface area (Å²) in [5, 5.41) is 8.61. The van der Waals surface area contributed by atoms with Crippen LogP contribution in [0.15, 0.2) is 18.3 Å². The van der Waals surface area contributed by atoms with Crippen LogP contribution in [0.25, 0.3) is 0 Å². The fourth-order valence-electron chi connectivity index (χ4n) is 0.754. The van der Waals surface area contributed by atoms with Gasteiger partial charge in [-0.1, -0.05) is 0 Å². The molecule has 0 aliphatic rings. The smallest absolute Gasteiger partial charge is 0.378 e. The van der Waals surface area contributed by atoms with Crippen LogP contribution in [-0.4, -0.2) is 16.3 Å². The van der Waals surface area contributed by atoms with Crippen molar-refractivity contribution in [2.75, 3.05) is 0 Å². The van der Waals surface area contributed by atoms with Gasteiger partial charge in [-0.25, -0.2) is 4.39 Å². The van der Waals surface area contributed by atoms with Crippen LogP contribution < -0.4 is 0 Å². The largest absolute Gasteiger partial charge is 0.420 e. The molecule has 0 amide bonds. The number of rotatable bonds is 1. The number of aliphatic hydroxyl groups excluding tert-OH is 1. The summed E-state index contributed by atoms with van der Waals surface area (Å²) in [5.41, 5.74) is -1.00. The Kier molecular flexibility index (Phi) is 2.51. The van der Waals surface area contributed by atoms with Crippen molar-refractivity contribution in [2.45, 2.75) is 12.3 Å². The van der Waals surface area contributed by atoms with E-state index in [0.717, 1.165) is 18.3 Å². The van der Waals surface area contributed by atoms with Gasteiger partial charge >= 0.3 is 6.18 Å². The lowest BCUT2D eigenvalue weighted by molar-refractivity contribution is -0.208. The summed E-state index contributed by atoms with van der Waals surface area (Å²) in [6.45, 7) is 0. The molecule has 1 rings (SSSR count). The number of hydrogen-bond donors (Lipinski definition) is 1. The van der Waals surface area contributed by atoms with Crippen LogP contribution in [0.3, 0.4) is 0 Å². The lowest BCUT2D eigenvalue weighted by Crippen LogP contribution is -2.22. The van der Waals surface area contributed by atoms with Crippen LogP contribution in [0.5, 0.6) is 0 Å². The quantitative estimate of drug-likeness (QED) is 0.693. The van der Waals surface area contributed by atoms with E-state index in [1.165, 1.54) is 0 Å². The maximum atomic E-state index is 12.6. The zero-order chi connectivity index (χ0) is 10.1. The van der Waals surface area contributed by atoms with Crippen LogP contribution in [0.1, 0.15) is 11.8 Å². The topological polar surface area (TPSA) is 33.1 Å². The van der Waals surface area contributed by atoms with Crippen LogP contribution >= 0.6 is 0 Å². The number of aliphatic hydroxyl groups is 1. The van der Waals surface area contributed by atoms with Gasteiger partial charge in [0.25, 0.3) is 0 Å². The van der Waals surface area contributed by atoms with Crippen molar-refractivity contribution in [1.29, 1.82) is 0 Å². The highest BCUT2D eigenvalue weighted by molar-refractivity contribution is 5.11. The second-order valence-electron chi connectivity index (χ2n) is 2.31. The van der Waals surface area contributed by atoms with E-state index in [2.05, 4.69) is 4.98 Å². The standard InChI is InChI=1S/C7H5F4NO/c8-4-2-1-3-12-5(4)6(13)7(9,10)11/h1-3,6,13H/t6-/m0/s1. The highest BCUT2D eigenvalue weighted by atomic mass is 19.4. The SMILES string of the molecule is O[C@@H](c1ncccc1F)C(F)(F)F. The Hall–Kier alpha value is -1.17. The maximum absolute atomic E-state index is 12.6. The second kappa shape index (κ2) is 3.29. The fraction of sp³-hybridized carbons (Fsp3) is 0.286. The zero-order valence-corrected chi connectivity index (χ0v) is 6.22. The molecule has 13 heavy (non-hydrogen) atoms. The summed E-state index contributed by atoms with van der Waals surface area (Å²) >= 11 is 0. The molecule has 0 saturated carbocycles. The van der Waals surface area contributed by atoms with E-state index < -0.39 is 23.8 Å². The van der Waals surface area contributed by atoms with Gasteiger partial charge in [0.15, 0.2) is 6.10 Å². The number of halogens is 4. The van der Waals surface area contributed by atoms with Gasteiger partial charge in [-0.3, -0.25) is 4.98 Å². The van der Waals surface area contributed by atoms with E-state index in [0.29, 0.717) is 0 Å². The minimum atomic E-state index is -4.89. The van der Waals surface area contributed by atoms with E-state index in [1.807, 2.05) is 0 Å². The number of alkyl halides is 3. The zero-order valence-electron chi connectivity index (χ0n) is 6.22. The van der Waals surface area contributed by atoms with E-state index >= 15 is 0 Å². The van der Waals surface area contributed by atoms with Gasteiger partial charge in [-0.05, 0) is 12.1 Å². The van der Waals surface area contributed by atoms with Crippen molar-refractivity contribution >= 4 is 0 Å². The molecule has 2 nitrogen and oxygen atoms in total. The first-order valence-electron chi connectivity index (χ1n) is 3.28. The Morgan fingerprint density at radius 3 is 2.46 bits per heavy atom. The van der Waals surface area contributed by atoms with Crippen LogP contribution in [0, 0.1) is 5.82 Å². The molecule has 6 heteroatoms. The predicted molar refractivity (Wildman–Crippen MR) is 35.2 cm³/mol. The molecule has 1 heterocycles. The van der Waals surface area contributed by atoms with E-state index in [4.69, 9.17) is 5.11 Å². The van der Waals surface area contributed by atoms with Crippen molar-refractivity contribution in [3.05, 3.63) is 29.8 Å². The summed E-state index contributed by atoms with van der Waals surface area (Å²) < 4.78 is 48.2. The van der Waals surface area contributed by atoms with Crippen molar-refractivity contribution in [3.63, 3.8) is 0 Å². The molecule has 1 aromatic rings. The van der Waals surface area contributed by atoms with Crippen molar-refractivity contribution < 1.29 is 22.7 Å². The van der Waals surface area contributed by atoms with Crippen molar-refractivity contribution in [2.24, 2.45) is 0 Å². The molecule has 0 aromatic carbocycles. The number of pyridine rings is 1. The fourth-order valence-corrected chi connectivity index (χ4v) is 0.754. The van der Waals surface area contributed by atoms with Gasteiger partial charge in [0.05, 0.1) is 0 Å². The van der Waals surface area contributed by atoms with Crippen LogP contribution in [0.2, 0.25) is 0 Å². The Bertz CT molecular complexity index is 299. The molecule has 72 valence electrons. The minimum Gasteiger partial charge on any atom is -0.378 e. The third kappa shape index (κ3) is 2.15. The van der Waals surface area contributed by atoms with Crippen LogP contribution in [0.4, 0.5) is 17.6 Å². The van der Waals surface area contributed by atoms with Crippen LogP contribution in [-0.2, 0) is 0 Å². The van der Waals surface area contributed by atoms with Gasteiger partial charge in [0.2, 0.25) is 0 Å². The molecule has 0 aliphatic heterocycles. The Morgan fingerprint density at radius 2 is 2.00 bits per heavy atom. The lowest BCUT2D eigenvalue weighted by Gasteiger charge is -2.13. The van der Waals surface area contributed by atoms with Gasteiger partial charge in [0.1, 0.15) is 11.5 Å². The molecule has 0 bridgehead atoms. The molecule has 0 saturated heterocycles. The van der Waals surface area contributed by atoms with Crippen molar-refractivity contribution in [1.82, 2.24) is 4.98 Å². The van der Waals surface area contributed by atoms with E-state index in [-0.39, 0.29) is 0 Å². The summed E-state index contributed by atoms with van der Waals surface area (Å²) in [6, 6.07) is 1.94. The number of aromatic nitrogens is 1. The molecule has 0 fully saturated rings. The highest BCUT2D eigenvalue weighted by Crippen LogP contribution is 2.32. The lowest BCUT2D eigenvalue weighted by atomic mass is 10.2. The first-order valence-corrected chi connectivity index (χ1v) is 3.28. The van der Waals surface area contributed by atoms with E-state index in [9.17, 15) is 17.6 Å². The van der Waals surface area contributed by atoms with Gasteiger partial charge in [-0.2, -0.15) is 13.2 Å². The molecule has 0 spiro atoms. The first-order chi connectivity index (χ1) is 5.93. The summed E-state index contributed by atoms with van der Waals surface area (Å²) in [5.74, 6) is -1.17. The van der Waals surface area contributed by atoms with Crippen molar-refractivity contribution in [3.8, 4) is 0 Å². The van der Waals surface area contributed by atoms with Gasteiger partial charge in [-0.15, -0.1) is 0 Å². The van der Waals surface area contributed by atoms with E-state index in [1.54, 1.807) is 0 Å². The summed E-state index contributed by atoms with van der Waals surface area (Å²) in [7, 11) is 0. The Morgan fingerprint density at radius 1 is 1.38 bits per heavy atom. The number of hydrogen-bond acceptors (Lipinski definition) is 2. The third-order valence-electron chi connectivity index (χ3n) is 1.36. The monoisotopic (exact) mass is 195 g/mol. The molecule has 0 aliphatic carbocycles. The molecular weight excluding hydrogens is 190 g/mol. The normalized spacial score (nSPS) is 14.2. The predicted octanol–water partition coefficient (Wildman–Crippen LogP) is 1.82. The van der Waals surface area contributed by atoms with Gasteiger partial charge in [0, 0.05) is 6.20 Å². The van der Waals surface area contributed by atoms with Gasteiger partial charge < -0.3 is 5.11 Å². The highest BCUT2D eigenvalue weighted by Gasteiger charge is 2.41. The first kappa shape index (κ1) is 9.91. The molecular formula is C7H5F4NO.